The Morgan fingerprint density at radius 3 is 2.88 bits per heavy atom. The first kappa shape index (κ1) is 17.4. The van der Waals surface area contributed by atoms with Crippen LogP contribution in [0.3, 0.4) is 0 Å². The van der Waals surface area contributed by atoms with E-state index >= 15 is 0 Å². The highest BCUT2D eigenvalue weighted by Crippen LogP contribution is 2.24. The van der Waals surface area contributed by atoms with E-state index in [1.54, 1.807) is 4.52 Å². The molecule has 1 amide bonds. The maximum Gasteiger partial charge on any atom is 0.220 e. The molecule has 1 aliphatic rings. The number of fused-ring (bicyclic) bond motifs is 1. The van der Waals surface area contributed by atoms with Crippen molar-refractivity contribution in [1.82, 2.24) is 19.9 Å². The molecule has 2 aromatic heterocycles. The van der Waals surface area contributed by atoms with Crippen molar-refractivity contribution in [3.05, 3.63) is 28.7 Å². The van der Waals surface area contributed by atoms with Gasteiger partial charge < -0.3 is 5.32 Å². The van der Waals surface area contributed by atoms with E-state index in [1.165, 1.54) is 25.5 Å². The minimum atomic E-state index is 0.107. The zero-order valence-corrected chi connectivity index (χ0v) is 15.2. The van der Waals surface area contributed by atoms with Gasteiger partial charge >= 0.3 is 0 Å². The molecule has 3 rings (SSSR count). The van der Waals surface area contributed by atoms with Crippen molar-refractivity contribution in [3.63, 3.8) is 0 Å². The quantitative estimate of drug-likeness (QED) is 0.928. The molecule has 2 atom stereocenters. The fraction of sp³-hybridized carbons (Fsp3) is 0.579. The first-order chi connectivity index (χ1) is 12.0. The van der Waals surface area contributed by atoms with Gasteiger partial charge in [-0.25, -0.2) is 9.50 Å². The Morgan fingerprint density at radius 1 is 1.40 bits per heavy atom. The third-order valence-corrected chi connectivity index (χ3v) is 5.39. The Kier molecular flexibility index (Phi) is 5.03. The van der Waals surface area contributed by atoms with Crippen LogP contribution in [-0.4, -0.2) is 26.5 Å². The van der Waals surface area contributed by atoms with Crippen molar-refractivity contribution in [2.45, 2.75) is 65.3 Å². The Labute approximate surface area is 148 Å². The van der Waals surface area contributed by atoms with Gasteiger partial charge in [0.25, 0.3) is 0 Å². The van der Waals surface area contributed by atoms with Crippen LogP contribution in [0.25, 0.3) is 5.65 Å². The van der Waals surface area contributed by atoms with Crippen molar-refractivity contribution >= 4 is 11.6 Å². The molecule has 132 valence electrons. The topological polar surface area (TPSA) is 83.1 Å². The summed E-state index contributed by atoms with van der Waals surface area (Å²) in [5, 5.41) is 16.6. The number of hydrogen-bond acceptors (Lipinski definition) is 4. The van der Waals surface area contributed by atoms with Crippen LogP contribution in [0.5, 0.6) is 0 Å². The zero-order valence-electron chi connectivity index (χ0n) is 15.2. The molecule has 25 heavy (non-hydrogen) atoms. The van der Waals surface area contributed by atoms with Gasteiger partial charge in [0.2, 0.25) is 5.91 Å². The van der Waals surface area contributed by atoms with Gasteiger partial charge in [0, 0.05) is 23.9 Å². The minimum absolute atomic E-state index is 0.107. The molecule has 2 heterocycles. The van der Waals surface area contributed by atoms with Crippen LogP contribution in [0.1, 0.15) is 61.5 Å². The summed E-state index contributed by atoms with van der Waals surface area (Å²) in [4.78, 5) is 16.9. The standard InChI is InChI=1S/C19H25N5O/c1-12-6-4-5-7-17(12)23-18(25)9-8-16-13(2)22-19-15(10-20)11-21-24(19)14(16)3/h11-12,17H,4-9H2,1-3H3,(H,23,25)/t12-,17-/m1/s1. The number of carbonyl (C=O) groups is 1. The van der Waals surface area contributed by atoms with Gasteiger partial charge in [0.05, 0.1) is 6.20 Å². The first-order valence-electron chi connectivity index (χ1n) is 9.04. The molecule has 1 fully saturated rings. The van der Waals surface area contributed by atoms with E-state index in [1.807, 2.05) is 13.8 Å². The van der Waals surface area contributed by atoms with Crippen molar-refractivity contribution in [2.24, 2.45) is 5.92 Å². The van der Waals surface area contributed by atoms with Crippen LogP contribution in [-0.2, 0) is 11.2 Å². The van der Waals surface area contributed by atoms with Crippen LogP contribution < -0.4 is 5.32 Å². The van der Waals surface area contributed by atoms with E-state index in [0.29, 0.717) is 36.0 Å². The highest BCUT2D eigenvalue weighted by Gasteiger charge is 2.23. The molecule has 1 saturated carbocycles. The minimum Gasteiger partial charge on any atom is -0.353 e. The predicted molar refractivity (Wildman–Crippen MR) is 95.1 cm³/mol. The molecular weight excluding hydrogens is 314 g/mol. The fourth-order valence-electron chi connectivity index (χ4n) is 3.80. The normalized spacial score (nSPS) is 20.4. The first-order valence-corrected chi connectivity index (χ1v) is 9.04. The predicted octanol–water partition coefficient (Wildman–Crippen LogP) is 2.85. The average Bonchev–Trinajstić information content (AvgIpc) is 2.99. The van der Waals surface area contributed by atoms with E-state index in [-0.39, 0.29) is 5.91 Å². The van der Waals surface area contributed by atoms with E-state index in [2.05, 4.69) is 28.4 Å². The third-order valence-electron chi connectivity index (χ3n) is 5.39. The van der Waals surface area contributed by atoms with Gasteiger partial charge in [-0.1, -0.05) is 19.8 Å². The second-order valence-corrected chi connectivity index (χ2v) is 7.10. The van der Waals surface area contributed by atoms with Gasteiger partial charge in [-0.2, -0.15) is 10.4 Å². The van der Waals surface area contributed by atoms with Crippen molar-refractivity contribution in [2.75, 3.05) is 0 Å². The molecule has 0 bridgehead atoms. The summed E-state index contributed by atoms with van der Waals surface area (Å²) in [5.74, 6) is 0.670. The van der Waals surface area contributed by atoms with E-state index in [9.17, 15) is 4.79 Å². The lowest BCUT2D eigenvalue weighted by atomic mass is 9.86. The molecule has 2 aromatic rings. The van der Waals surface area contributed by atoms with Gasteiger partial charge in [0.1, 0.15) is 11.6 Å². The molecule has 6 nitrogen and oxygen atoms in total. The molecule has 1 N–H and O–H groups in total. The number of aromatic nitrogens is 3. The summed E-state index contributed by atoms with van der Waals surface area (Å²) < 4.78 is 1.70. The largest absolute Gasteiger partial charge is 0.353 e. The molecule has 0 unspecified atom stereocenters. The Balaban J connectivity index is 1.70. The van der Waals surface area contributed by atoms with Crippen LogP contribution in [0.2, 0.25) is 0 Å². The lowest BCUT2D eigenvalue weighted by Gasteiger charge is -2.29. The van der Waals surface area contributed by atoms with Gasteiger partial charge in [-0.15, -0.1) is 0 Å². The lowest BCUT2D eigenvalue weighted by molar-refractivity contribution is -0.122. The Hall–Kier alpha value is -2.42. The molecular formula is C19H25N5O. The summed E-state index contributed by atoms with van der Waals surface area (Å²) >= 11 is 0. The molecule has 0 radical (unpaired) electrons. The number of rotatable bonds is 4. The SMILES string of the molecule is Cc1nc2c(C#N)cnn2c(C)c1CCC(=O)N[C@@H]1CCCC[C@H]1C. The smallest absolute Gasteiger partial charge is 0.220 e. The zero-order chi connectivity index (χ0) is 18.0. The second-order valence-electron chi connectivity index (χ2n) is 7.10. The Morgan fingerprint density at radius 2 is 2.16 bits per heavy atom. The summed E-state index contributed by atoms with van der Waals surface area (Å²) in [5.41, 5.74) is 3.90. The van der Waals surface area contributed by atoms with Crippen molar-refractivity contribution in [1.29, 1.82) is 5.26 Å². The van der Waals surface area contributed by atoms with Gasteiger partial charge in [-0.3, -0.25) is 4.79 Å². The number of nitriles is 1. The third kappa shape index (κ3) is 3.51. The number of nitrogens with zero attached hydrogens (tertiary/aromatic N) is 4. The highest BCUT2D eigenvalue weighted by molar-refractivity contribution is 5.76. The van der Waals surface area contributed by atoms with Crippen molar-refractivity contribution in [3.8, 4) is 6.07 Å². The van der Waals surface area contributed by atoms with E-state index in [0.717, 1.165) is 23.4 Å². The summed E-state index contributed by atoms with van der Waals surface area (Å²) in [7, 11) is 0. The molecule has 0 aliphatic heterocycles. The maximum atomic E-state index is 12.4. The highest BCUT2D eigenvalue weighted by atomic mass is 16.1. The average molecular weight is 339 g/mol. The van der Waals surface area contributed by atoms with Gasteiger partial charge in [0.15, 0.2) is 5.65 Å². The maximum absolute atomic E-state index is 12.4. The summed E-state index contributed by atoms with van der Waals surface area (Å²) in [6.07, 6.45) is 7.38. The summed E-state index contributed by atoms with van der Waals surface area (Å²) in [6, 6.07) is 2.43. The van der Waals surface area contributed by atoms with Gasteiger partial charge in [-0.05, 0) is 44.6 Å². The lowest BCUT2D eigenvalue weighted by Crippen LogP contribution is -2.41. The van der Waals surface area contributed by atoms with Crippen LogP contribution in [0.15, 0.2) is 6.20 Å². The number of hydrogen-bond donors (Lipinski definition) is 1. The van der Waals surface area contributed by atoms with E-state index < -0.39 is 0 Å². The second kappa shape index (κ2) is 7.22. The van der Waals surface area contributed by atoms with Crippen LogP contribution >= 0.6 is 0 Å². The van der Waals surface area contributed by atoms with Crippen LogP contribution in [0.4, 0.5) is 0 Å². The van der Waals surface area contributed by atoms with Crippen molar-refractivity contribution < 1.29 is 4.79 Å². The number of nitrogens with one attached hydrogen (secondary N) is 1. The molecule has 6 heteroatoms. The molecule has 0 saturated heterocycles. The fourth-order valence-corrected chi connectivity index (χ4v) is 3.80. The van der Waals surface area contributed by atoms with Crippen LogP contribution in [0, 0.1) is 31.1 Å². The number of aryl methyl sites for hydroxylation is 2. The number of carbonyl (C=O) groups excluding carboxylic acids is 1. The Bertz CT molecular complexity index is 832. The molecule has 0 spiro atoms. The summed E-state index contributed by atoms with van der Waals surface area (Å²) in [6.45, 7) is 6.12. The molecule has 1 aliphatic carbocycles. The monoisotopic (exact) mass is 339 g/mol. The molecule has 0 aromatic carbocycles. The number of amides is 1. The van der Waals surface area contributed by atoms with E-state index in [4.69, 9.17) is 5.26 Å².